The molecule has 0 saturated carbocycles. The number of fused-ring (bicyclic) bond motifs is 1. The highest BCUT2D eigenvalue weighted by molar-refractivity contribution is 5.83. The molecule has 3 nitrogen and oxygen atoms in total. The molecule has 3 heteroatoms. The second-order valence-corrected chi connectivity index (χ2v) is 4.51. The van der Waals surface area contributed by atoms with E-state index in [1.54, 1.807) is 19.2 Å². The van der Waals surface area contributed by atoms with Crippen LogP contribution in [0.4, 0.5) is 5.69 Å². The molecule has 0 saturated heterocycles. The zero-order chi connectivity index (χ0) is 13.9. The lowest BCUT2D eigenvalue weighted by molar-refractivity contribution is 0.409. The van der Waals surface area contributed by atoms with Gasteiger partial charge in [0.15, 0.2) is 5.75 Å². The quantitative estimate of drug-likeness (QED) is 0.721. The zero-order valence-electron chi connectivity index (χ0n) is 11.2. The Morgan fingerprint density at radius 2 is 1.55 bits per heavy atom. The maximum absolute atomic E-state index is 5.92. The number of benzene rings is 3. The normalized spacial score (nSPS) is 10.4. The van der Waals surface area contributed by atoms with Crippen LogP contribution in [0.5, 0.6) is 17.2 Å². The molecule has 0 spiro atoms. The Hall–Kier alpha value is -2.68. The van der Waals surface area contributed by atoms with Crippen LogP contribution in [0.2, 0.25) is 0 Å². The molecule has 0 atom stereocenters. The first kappa shape index (κ1) is 12.4. The fourth-order valence-electron chi connectivity index (χ4n) is 2.09. The van der Waals surface area contributed by atoms with Crippen LogP contribution in [-0.4, -0.2) is 7.11 Å². The van der Waals surface area contributed by atoms with Gasteiger partial charge in [0.2, 0.25) is 0 Å². The number of hydrogen-bond donors (Lipinski definition) is 1. The number of rotatable bonds is 3. The number of hydrogen-bond acceptors (Lipinski definition) is 3. The van der Waals surface area contributed by atoms with Gasteiger partial charge in [0.05, 0.1) is 12.8 Å². The molecule has 0 radical (unpaired) electrons. The van der Waals surface area contributed by atoms with Gasteiger partial charge >= 0.3 is 0 Å². The molecule has 0 bridgehead atoms. The zero-order valence-corrected chi connectivity index (χ0v) is 11.2. The molecule has 0 fully saturated rings. The van der Waals surface area contributed by atoms with Crippen molar-refractivity contribution >= 4 is 16.5 Å². The molecule has 0 aliphatic carbocycles. The number of methoxy groups -OCH3 is 1. The average molecular weight is 265 g/mol. The molecule has 0 amide bonds. The SMILES string of the molecule is COc1ccc(N)c(Oc2ccc3ccccc3c2)c1. The Morgan fingerprint density at radius 3 is 2.35 bits per heavy atom. The van der Waals surface area contributed by atoms with Crippen molar-refractivity contribution in [3.63, 3.8) is 0 Å². The van der Waals surface area contributed by atoms with Crippen LogP contribution >= 0.6 is 0 Å². The highest BCUT2D eigenvalue weighted by atomic mass is 16.5. The minimum atomic E-state index is 0.582. The Labute approximate surface area is 117 Å². The van der Waals surface area contributed by atoms with E-state index in [0.717, 1.165) is 16.9 Å². The van der Waals surface area contributed by atoms with E-state index >= 15 is 0 Å². The molecule has 0 aliphatic rings. The standard InChI is InChI=1S/C17H15NO2/c1-19-14-8-9-16(18)17(11-14)20-15-7-6-12-4-2-3-5-13(12)10-15/h2-11H,18H2,1H3. The van der Waals surface area contributed by atoms with E-state index in [-0.39, 0.29) is 0 Å². The second kappa shape index (κ2) is 5.13. The molecular formula is C17H15NO2. The van der Waals surface area contributed by atoms with Gasteiger partial charge in [0.1, 0.15) is 11.5 Å². The van der Waals surface area contributed by atoms with Crippen molar-refractivity contribution in [2.45, 2.75) is 0 Å². The van der Waals surface area contributed by atoms with Gasteiger partial charge in [-0.05, 0) is 35.0 Å². The summed E-state index contributed by atoms with van der Waals surface area (Å²) in [5.41, 5.74) is 6.51. The minimum Gasteiger partial charge on any atom is -0.497 e. The number of nitrogen functional groups attached to an aromatic ring is 1. The summed E-state index contributed by atoms with van der Waals surface area (Å²) in [6, 6.07) is 19.5. The summed E-state index contributed by atoms with van der Waals surface area (Å²) in [7, 11) is 1.62. The third-order valence-electron chi connectivity index (χ3n) is 3.17. The molecule has 3 rings (SSSR count). The van der Waals surface area contributed by atoms with E-state index in [4.69, 9.17) is 15.2 Å². The molecule has 0 aliphatic heterocycles. The van der Waals surface area contributed by atoms with Crippen molar-refractivity contribution in [1.82, 2.24) is 0 Å². The van der Waals surface area contributed by atoms with E-state index in [9.17, 15) is 0 Å². The first-order valence-corrected chi connectivity index (χ1v) is 6.36. The molecule has 3 aromatic rings. The molecule has 0 aromatic heterocycles. The lowest BCUT2D eigenvalue weighted by Gasteiger charge is -2.10. The summed E-state index contributed by atoms with van der Waals surface area (Å²) >= 11 is 0. The van der Waals surface area contributed by atoms with Crippen LogP contribution in [0.25, 0.3) is 10.8 Å². The van der Waals surface area contributed by atoms with Crippen molar-refractivity contribution in [1.29, 1.82) is 0 Å². The summed E-state index contributed by atoms with van der Waals surface area (Å²) in [4.78, 5) is 0. The lowest BCUT2D eigenvalue weighted by Crippen LogP contribution is -1.93. The molecule has 100 valence electrons. The van der Waals surface area contributed by atoms with Crippen LogP contribution < -0.4 is 15.2 Å². The third kappa shape index (κ3) is 2.38. The third-order valence-corrected chi connectivity index (χ3v) is 3.17. The molecule has 2 N–H and O–H groups in total. The van der Waals surface area contributed by atoms with Gasteiger partial charge in [-0.25, -0.2) is 0 Å². The highest BCUT2D eigenvalue weighted by Gasteiger charge is 2.05. The van der Waals surface area contributed by atoms with Crippen LogP contribution in [0.15, 0.2) is 60.7 Å². The van der Waals surface area contributed by atoms with Crippen LogP contribution in [-0.2, 0) is 0 Å². The lowest BCUT2D eigenvalue weighted by atomic mass is 10.1. The van der Waals surface area contributed by atoms with E-state index in [0.29, 0.717) is 11.4 Å². The van der Waals surface area contributed by atoms with Gasteiger partial charge in [-0.2, -0.15) is 0 Å². The fourth-order valence-corrected chi connectivity index (χ4v) is 2.09. The van der Waals surface area contributed by atoms with Crippen LogP contribution in [0.3, 0.4) is 0 Å². The van der Waals surface area contributed by atoms with Gasteiger partial charge in [-0.1, -0.05) is 30.3 Å². The van der Waals surface area contributed by atoms with E-state index in [2.05, 4.69) is 12.1 Å². The second-order valence-electron chi connectivity index (χ2n) is 4.51. The largest absolute Gasteiger partial charge is 0.497 e. The van der Waals surface area contributed by atoms with Crippen molar-refractivity contribution in [3.8, 4) is 17.2 Å². The van der Waals surface area contributed by atoms with Gasteiger partial charge in [0.25, 0.3) is 0 Å². The summed E-state index contributed by atoms with van der Waals surface area (Å²) < 4.78 is 11.0. The monoisotopic (exact) mass is 265 g/mol. The highest BCUT2D eigenvalue weighted by Crippen LogP contribution is 2.32. The van der Waals surface area contributed by atoms with Crippen molar-refractivity contribution in [3.05, 3.63) is 60.7 Å². The Kier molecular flexibility index (Phi) is 3.17. The predicted octanol–water partition coefficient (Wildman–Crippen LogP) is 4.22. The molecule has 3 aromatic carbocycles. The van der Waals surface area contributed by atoms with Gasteiger partial charge in [-0.15, -0.1) is 0 Å². The fraction of sp³-hybridized carbons (Fsp3) is 0.0588. The average Bonchev–Trinajstić information content (AvgIpc) is 2.49. The molecule has 0 unspecified atom stereocenters. The number of anilines is 1. The summed E-state index contributed by atoms with van der Waals surface area (Å²) in [6.45, 7) is 0. The van der Waals surface area contributed by atoms with Gasteiger partial charge in [-0.3, -0.25) is 0 Å². The smallest absolute Gasteiger partial charge is 0.153 e. The maximum Gasteiger partial charge on any atom is 0.153 e. The van der Waals surface area contributed by atoms with Gasteiger partial charge < -0.3 is 15.2 Å². The van der Waals surface area contributed by atoms with E-state index in [1.807, 2.05) is 36.4 Å². The first-order chi connectivity index (χ1) is 9.76. The van der Waals surface area contributed by atoms with Crippen molar-refractivity contribution < 1.29 is 9.47 Å². The Balaban J connectivity index is 1.96. The van der Waals surface area contributed by atoms with Crippen LogP contribution in [0.1, 0.15) is 0 Å². The summed E-state index contributed by atoms with van der Waals surface area (Å²) in [6.07, 6.45) is 0. The summed E-state index contributed by atoms with van der Waals surface area (Å²) in [5.74, 6) is 2.07. The van der Waals surface area contributed by atoms with Gasteiger partial charge in [0, 0.05) is 6.07 Å². The number of ether oxygens (including phenoxy) is 2. The first-order valence-electron chi connectivity index (χ1n) is 6.36. The predicted molar refractivity (Wildman–Crippen MR) is 81.4 cm³/mol. The van der Waals surface area contributed by atoms with Crippen LogP contribution in [0, 0.1) is 0 Å². The maximum atomic E-state index is 5.92. The summed E-state index contributed by atoms with van der Waals surface area (Å²) in [5, 5.41) is 2.31. The topological polar surface area (TPSA) is 44.5 Å². The van der Waals surface area contributed by atoms with Crippen molar-refractivity contribution in [2.24, 2.45) is 0 Å². The molecule has 0 heterocycles. The van der Waals surface area contributed by atoms with E-state index in [1.165, 1.54) is 5.39 Å². The van der Waals surface area contributed by atoms with E-state index < -0.39 is 0 Å². The Morgan fingerprint density at radius 1 is 0.800 bits per heavy atom. The van der Waals surface area contributed by atoms with Crippen molar-refractivity contribution in [2.75, 3.05) is 12.8 Å². The minimum absolute atomic E-state index is 0.582. The number of nitrogens with two attached hydrogens (primary N) is 1. The Bertz CT molecular complexity index is 753. The molecular weight excluding hydrogens is 250 g/mol. The molecule has 20 heavy (non-hydrogen) atoms.